The third-order valence-electron chi connectivity index (χ3n) is 11.8. The van der Waals surface area contributed by atoms with Crippen LogP contribution in [0.15, 0.2) is 146 Å². The lowest BCUT2D eigenvalue weighted by atomic mass is 9.66. The molecule has 5 aromatic carbocycles. The van der Waals surface area contributed by atoms with Crippen molar-refractivity contribution in [1.82, 2.24) is 24.1 Å². The summed E-state index contributed by atoms with van der Waals surface area (Å²) in [6, 6.07) is 49.0. The molecule has 0 unspecified atom stereocenters. The first-order chi connectivity index (χ1) is 28.6. The Kier molecular flexibility index (Phi) is 6.28. The van der Waals surface area contributed by atoms with Crippen molar-refractivity contribution in [2.45, 2.75) is 5.41 Å². The van der Waals surface area contributed by atoms with Gasteiger partial charge in [0.2, 0.25) is 0 Å². The second-order valence-corrected chi connectivity index (χ2v) is 14.6. The molecule has 6 heterocycles. The average Bonchev–Trinajstić information content (AvgIpc) is 3.89. The van der Waals surface area contributed by atoms with E-state index in [4.69, 9.17) is 14.7 Å². The Hall–Kier alpha value is -8.58. The van der Waals surface area contributed by atoms with Gasteiger partial charge < -0.3 is 13.9 Å². The van der Waals surface area contributed by atoms with Crippen LogP contribution >= 0.6 is 0 Å². The third-order valence-corrected chi connectivity index (χ3v) is 11.8. The smallest absolute Gasteiger partial charge is 0.141 e. The minimum atomic E-state index is -0.895. The van der Waals surface area contributed by atoms with Crippen molar-refractivity contribution >= 4 is 43.6 Å². The molecule has 0 fully saturated rings. The maximum atomic E-state index is 9.83. The van der Waals surface area contributed by atoms with Crippen LogP contribution in [-0.2, 0) is 5.41 Å². The van der Waals surface area contributed by atoms with Gasteiger partial charge >= 0.3 is 0 Å². The number of aromatic nitrogens is 5. The van der Waals surface area contributed by atoms with E-state index >= 15 is 0 Å². The minimum absolute atomic E-state index is 0.293. The van der Waals surface area contributed by atoms with Crippen LogP contribution in [0.2, 0.25) is 0 Å². The minimum Gasteiger partial charge on any atom is -0.457 e. The molecule has 1 spiro atoms. The molecule has 0 atom stereocenters. The molecule has 1 aliphatic heterocycles. The van der Waals surface area contributed by atoms with E-state index in [0.717, 1.165) is 100 Å². The summed E-state index contributed by atoms with van der Waals surface area (Å²) in [5.41, 5.74) is 11.2. The fourth-order valence-electron chi connectivity index (χ4n) is 9.47. The summed E-state index contributed by atoms with van der Waals surface area (Å²) in [7, 11) is 0. The molecule has 58 heavy (non-hydrogen) atoms. The Labute approximate surface area is 330 Å². The summed E-state index contributed by atoms with van der Waals surface area (Å²) < 4.78 is 11.0. The van der Waals surface area contributed by atoms with Crippen molar-refractivity contribution in [3.63, 3.8) is 0 Å². The lowest BCUT2D eigenvalue weighted by molar-refractivity contribution is 0.436. The molecular weight excluding hydrogens is 717 g/mol. The van der Waals surface area contributed by atoms with E-state index in [1.54, 1.807) is 18.3 Å². The molecule has 9 heteroatoms. The van der Waals surface area contributed by atoms with Crippen molar-refractivity contribution in [3.8, 4) is 52.5 Å². The number of para-hydroxylation sites is 3. The zero-order chi connectivity index (χ0) is 38.7. The second kappa shape index (κ2) is 11.5. The van der Waals surface area contributed by atoms with Crippen molar-refractivity contribution in [2.75, 3.05) is 0 Å². The summed E-state index contributed by atoms with van der Waals surface area (Å²) in [5.74, 6) is 1.48. The summed E-state index contributed by atoms with van der Waals surface area (Å²) in [4.78, 5) is 15.0. The molecule has 0 N–H and O–H groups in total. The predicted octanol–water partition coefficient (Wildman–Crippen LogP) is 10.1. The lowest BCUT2D eigenvalue weighted by Crippen LogP contribution is -2.32. The number of hydrogen-bond donors (Lipinski definition) is 0. The molecule has 0 saturated carbocycles. The Morgan fingerprint density at radius 2 is 0.966 bits per heavy atom. The van der Waals surface area contributed by atoms with Gasteiger partial charge in [-0.05, 0) is 72.8 Å². The third kappa shape index (κ3) is 4.02. The number of ether oxygens (including phenoxy) is 1. The van der Waals surface area contributed by atoms with Crippen molar-refractivity contribution < 1.29 is 4.74 Å². The fourth-order valence-corrected chi connectivity index (χ4v) is 9.47. The molecule has 10 aromatic rings. The number of pyridine rings is 3. The van der Waals surface area contributed by atoms with Crippen LogP contribution in [0, 0.1) is 34.0 Å². The summed E-state index contributed by atoms with van der Waals surface area (Å²) in [5, 5.41) is 33.1. The van der Waals surface area contributed by atoms with Gasteiger partial charge in [0.1, 0.15) is 23.3 Å². The number of hydrogen-bond acceptors (Lipinski definition) is 7. The monoisotopic (exact) mass is 740 g/mol. The van der Waals surface area contributed by atoms with Crippen LogP contribution in [0.3, 0.4) is 0 Å². The highest BCUT2D eigenvalue weighted by molar-refractivity contribution is 6.11. The topological polar surface area (TPSA) is 129 Å². The van der Waals surface area contributed by atoms with Gasteiger partial charge in [-0.3, -0.25) is 9.97 Å². The molecule has 0 amide bonds. The Balaban J connectivity index is 1.18. The number of rotatable bonds is 2. The average molecular weight is 741 g/mol. The number of nitrogens with zero attached hydrogens (tertiary/aromatic N) is 8. The summed E-state index contributed by atoms with van der Waals surface area (Å²) in [6.07, 6.45) is 5.50. The summed E-state index contributed by atoms with van der Waals surface area (Å²) >= 11 is 0. The van der Waals surface area contributed by atoms with Gasteiger partial charge in [-0.25, -0.2) is 4.98 Å². The van der Waals surface area contributed by atoms with Gasteiger partial charge in [0.05, 0.1) is 92.1 Å². The molecule has 0 bridgehead atoms. The Morgan fingerprint density at radius 3 is 1.57 bits per heavy atom. The Morgan fingerprint density at radius 1 is 0.448 bits per heavy atom. The maximum absolute atomic E-state index is 9.83. The predicted molar refractivity (Wildman–Crippen MR) is 220 cm³/mol. The quantitative estimate of drug-likeness (QED) is 0.172. The first kappa shape index (κ1) is 31.7. The number of nitriles is 3. The number of benzene rings is 5. The molecule has 0 radical (unpaired) electrons. The van der Waals surface area contributed by atoms with Crippen molar-refractivity contribution in [3.05, 3.63) is 185 Å². The van der Waals surface area contributed by atoms with Crippen LogP contribution in [0.1, 0.15) is 39.1 Å². The highest BCUT2D eigenvalue weighted by Crippen LogP contribution is 2.61. The van der Waals surface area contributed by atoms with E-state index in [2.05, 4.69) is 68.7 Å². The van der Waals surface area contributed by atoms with E-state index < -0.39 is 5.41 Å². The maximum Gasteiger partial charge on any atom is 0.141 e. The molecule has 266 valence electrons. The SMILES string of the molecule is N#Cc1ccc2c(c1)c1ccccc1n2-c1cnc2c(c1)C1(c3ccccc3Oc3ccccc31)c1cc(-n3c4ccc(C#N)cc4c4cc(C#N)ncc43)cnc1-2. The van der Waals surface area contributed by atoms with E-state index in [-0.39, 0.29) is 0 Å². The van der Waals surface area contributed by atoms with Crippen LogP contribution in [0.5, 0.6) is 11.5 Å². The van der Waals surface area contributed by atoms with E-state index in [1.165, 1.54) is 0 Å². The normalized spacial score (nSPS) is 13.1. The molecule has 2 aliphatic rings. The zero-order valence-corrected chi connectivity index (χ0v) is 30.3. The van der Waals surface area contributed by atoms with Crippen LogP contribution in [-0.4, -0.2) is 24.1 Å². The molecule has 5 aromatic heterocycles. The highest BCUT2D eigenvalue weighted by Gasteiger charge is 2.53. The van der Waals surface area contributed by atoms with Gasteiger partial charge in [0.25, 0.3) is 0 Å². The lowest BCUT2D eigenvalue weighted by Gasteiger charge is -2.39. The Bertz CT molecular complexity index is 3490. The van der Waals surface area contributed by atoms with E-state index in [9.17, 15) is 15.8 Å². The largest absolute Gasteiger partial charge is 0.457 e. The molecule has 0 saturated heterocycles. The molecular formula is C49H24N8O. The van der Waals surface area contributed by atoms with Gasteiger partial charge in [0, 0.05) is 43.8 Å². The zero-order valence-electron chi connectivity index (χ0n) is 30.3. The standard InChI is InChI=1S/C49H24N8O/c50-22-28-13-15-42-34(17-28)33-7-1-4-10-41(33)56(42)31-20-39-47(54-25-31)48-40(49(39)37-8-2-5-11-45(37)58-46-12-6-3-9-38(46)49)21-32(26-55-48)57-43-16-14-29(23-51)18-35(43)36-19-30(24-52)53-27-44(36)57/h1-21,25-27H. The highest BCUT2D eigenvalue weighted by atomic mass is 16.5. The van der Waals surface area contributed by atoms with E-state index in [1.807, 2.05) is 91.3 Å². The molecule has 9 nitrogen and oxygen atoms in total. The van der Waals surface area contributed by atoms with Crippen LogP contribution < -0.4 is 4.74 Å². The van der Waals surface area contributed by atoms with Gasteiger partial charge in [-0.2, -0.15) is 15.8 Å². The van der Waals surface area contributed by atoms with Gasteiger partial charge in [0.15, 0.2) is 0 Å². The second-order valence-electron chi connectivity index (χ2n) is 14.6. The first-order valence-corrected chi connectivity index (χ1v) is 18.7. The van der Waals surface area contributed by atoms with Crippen LogP contribution in [0.25, 0.3) is 66.4 Å². The van der Waals surface area contributed by atoms with Crippen LogP contribution in [0.4, 0.5) is 0 Å². The van der Waals surface area contributed by atoms with Gasteiger partial charge in [-0.1, -0.05) is 54.6 Å². The number of fused-ring (bicyclic) bond motifs is 15. The van der Waals surface area contributed by atoms with Crippen molar-refractivity contribution in [1.29, 1.82) is 15.8 Å². The van der Waals surface area contributed by atoms with E-state index in [0.29, 0.717) is 16.8 Å². The van der Waals surface area contributed by atoms with Gasteiger partial charge in [-0.15, -0.1) is 0 Å². The van der Waals surface area contributed by atoms with Crippen molar-refractivity contribution in [2.24, 2.45) is 0 Å². The fraction of sp³-hybridized carbons (Fsp3) is 0.0204. The molecule has 1 aliphatic carbocycles. The summed E-state index contributed by atoms with van der Waals surface area (Å²) in [6.45, 7) is 0. The molecule has 12 rings (SSSR count). The first-order valence-electron chi connectivity index (χ1n) is 18.7.